The zero-order valence-corrected chi connectivity index (χ0v) is 13.8. The Labute approximate surface area is 138 Å². The molecule has 0 aliphatic carbocycles. The predicted octanol–water partition coefficient (Wildman–Crippen LogP) is 3.94. The van der Waals surface area contributed by atoms with Crippen molar-refractivity contribution in [3.8, 4) is 11.5 Å². The summed E-state index contributed by atoms with van der Waals surface area (Å²) in [7, 11) is 1.67. The minimum Gasteiger partial charge on any atom is -0.493 e. The van der Waals surface area contributed by atoms with E-state index >= 15 is 0 Å². The number of ether oxygens (including phenoxy) is 2. The molecule has 0 aliphatic heterocycles. The topological polar surface area (TPSA) is 42.5 Å². The Balaban J connectivity index is 2.12. The van der Waals surface area contributed by atoms with Crippen molar-refractivity contribution >= 4 is 5.69 Å². The third kappa shape index (κ3) is 4.76. The van der Waals surface area contributed by atoms with Crippen molar-refractivity contribution in [1.82, 2.24) is 5.43 Å². The van der Waals surface area contributed by atoms with E-state index in [-0.39, 0.29) is 0 Å². The number of nitrogens with one attached hydrogen (secondary N) is 2. The first kappa shape index (κ1) is 16.9. The zero-order valence-electron chi connectivity index (χ0n) is 13.8. The molecule has 0 aromatic heterocycles. The third-order valence-electron chi connectivity index (χ3n) is 3.36. The van der Waals surface area contributed by atoms with Crippen molar-refractivity contribution in [3.63, 3.8) is 0 Å². The van der Waals surface area contributed by atoms with E-state index in [1.54, 1.807) is 7.11 Å². The molecule has 23 heavy (non-hydrogen) atoms. The van der Waals surface area contributed by atoms with Gasteiger partial charge in [-0.05, 0) is 37.1 Å². The van der Waals surface area contributed by atoms with Crippen molar-refractivity contribution in [1.29, 1.82) is 0 Å². The van der Waals surface area contributed by atoms with Crippen LogP contribution in [0.25, 0.3) is 0 Å². The summed E-state index contributed by atoms with van der Waals surface area (Å²) >= 11 is 0. The highest BCUT2D eigenvalue weighted by atomic mass is 16.5. The van der Waals surface area contributed by atoms with Crippen molar-refractivity contribution < 1.29 is 9.47 Å². The van der Waals surface area contributed by atoms with Gasteiger partial charge in [-0.25, -0.2) is 5.43 Å². The normalized spacial score (nSPS) is 10.2. The summed E-state index contributed by atoms with van der Waals surface area (Å²) in [5.41, 5.74) is 9.62. The third-order valence-corrected chi connectivity index (χ3v) is 3.36. The Bertz CT molecular complexity index is 627. The lowest BCUT2D eigenvalue weighted by Crippen LogP contribution is -2.21. The Morgan fingerprint density at radius 2 is 1.96 bits per heavy atom. The van der Waals surface area contributed by atoms with Crippen LogP contribution in [0.1, 0.15) is 18.1 Å². The minimum atomic E-state index is 0.600. The van der Waals surface area contributed by atoms with Crippen molar-refractivity contribution in [2.24, 2.45) is 0 Å². The number of benzene rings is 2. The summed E-state index contributed by atoms with van der Waals surface area (Å²) < 4.78 is 11.2. The highest BCUT2D eigenvalue weighted by molar-refractivity contribution is 5.50. The second kappa shape index (κ2) is 8.86. The number of allylic oxidation sites excluding steroid dienone is 1. The lowest BCUT2D eigenvalue weighted by molar-refractivity contribution is 0.309. The molecule has 0 bridgehead atoms. The average molecular weight is 312 g/mol. The number of anilines is 1. The molecule has 0 radical (unpaired) electrons. The van der Waals surface area contributed by atoms with Crippen LogP contribution in [0.3, 0.4) is 0 Å². The number of hydrazine groups is 1. The standard InChI is InChI=1S/C19H24N2O2/c1-4-9-16-12-15(13-18(23-5-2)19(16)22-3)14-20-21-17-10-7-6-8-11-17/h4,6-8,10-13,20-21H,1,5,9,14H2,2-3H3. The Morgan fingerprint density at radius 1 is 1.17 bits per heavy atom. The number of hydrogen-bond acceptors (Lipinski definition) is 4. The van der Waals surface area contributed by atoms with Gasteiger partial charge in [0.15, 0.2) is 11.5 Å². The van der Waals surface area contributed by atoms with Crippen LogP contribution in [0.5, 0.6) is 11.5 Å². The van der Waals surface area contributed by atoms with Crippen LogP contribution in [0, 0.1) is 0 Å². The van der Waals surface area contributed by atoms with E-state index in [9.17, 15) is 0 Å². The molecule has 2 aromatic carbocycles. The average Bonchev–Trinajstić information content (AvgIpc) is 2.56. The second-order valence-corrected chi connectivity index (χ2v) is 5.06. The van der Waals surface area contributed by atoms with E-state index in [1.807, 2.05) is 49.4 Å². The maximum atomic E-state index is 5.71. The van der Waals surface area contributed by atoms with Gasteiger partial charge in [0, 0.05) is 17.8 Å². The summed E-state index contributed by atoms with van der Waals surface area (Å²) in [6, 6.07) is 14.1. The fraction of sp³-hybridized carbons (Fsp3) is 0.263. The summed E-state index contributed by atoms with van der Waals surface area (Å²) in [6.07, 6.45) is 2.61. The molecule has 2 aromatic rings. The zero-order chi connectivity index (χ0) is 16.5. The number of para-hydroxylation sites is 1. The van der Waals surface area contributed by atoms with Gasteiger partial charge in [0.05, 0.1) is 13.7 Å². The van der Waals surface area contributed by atoms with Crippen LogP contribution < -0.4 is 20.3 Å². The number of hydrogen-bond donors (Lipinski definition) is 2. The molecular weight excluding hydrogens is 288 g/mol. The van der Waals surface area contributed by atoms with E-state index < -0.39 is 0 Å². The summed E-state index contributed by atoms with van der Waals surface area (Å²) in [5, 5.41) is 0. The highest BCUT2D eigenvalue weighted by Gasteiger charge is 2.12. The molecule has 4 nitrogen and oxygen atoms in total. The molecule has 0 heterocycles. The van der Waals surface area contributed by atoms with Gasteiger partial charge >= 0.3 is 0 Å². The van der Waals surface area contributed by atoms with Gasteiger partial charge in [-0.1, -0.05) is 30.3 Å². The van der Waals surface area contributed by atoms with E-state index in [0.29, 0.717) is 13.2 Å². The lowest BCUT2D eigenvalue weighted by Gasteiger charge is -2.16. The van der Waals surface area contributed by atoms with Gasteiger partial charge < -0.3 is 14.9 Å². The van der Waals surface area contributed by atoms with Crippen LogP contribution >= 0.6 is 0 Å². The first-order valence-electron chi connectivity index (χ1n) is 7.75. The van der Waals surface area contributed by atoms with Crippen molar-refractivity contribution in [3.05, 3.63) is 66.2 Å². The largest absolute Gasteiger partial charge is 0.493 e. The molecule has 122 valence electrons. The summed E-state index contributed by atoms with van der Waals surface area (Å²) in [6.45, 7) is 7.05. The highest BCUT2D eigenvalue weighted by Crippen LogP contribution is 2.33. The van der Waals surface area contributed by atoms with Crippen LogP contribution in [0.4, 0.5) is 5.69 Å². The van der Waals surface area contributed by atoms with Crippen molar-refractivity contribution in [2.45, 2.75) is 19.9 Å². The molecule has 0 fully saturated rings. The summed E-state index contributed by atoms with van der Waals surface area (Å²) in [4.78, 5) is 0. The fourth-order valence-corrected chi connectivity index (χ4v) is 2.40. The Hall–Kier alpha value is -2.46. The molecule has 0 atom stereocenters. The van der Waals surface area contributed by atoms with E-state index in [4.69, 9.17) is 9.47 Å². The van der Waals surface area contributed by atoms with Gasteiger partial charge in [-0.15, -0.1) is 6.58 Å². The van der Waals surface area contributed by atoms with E-state index in [1.165, 1.54) is 0 Å². The van der Waals surface area contributed by atoms with Gasteiger partial charge in [0.1, 0.15) is 0 Å². The second-order valence-electron chi connectivity index (χ2n) is 5.06. The molecular formula is C19H24N2O2. The van der Waals surface area contributed by atoms with Crippen LogP contribution in [0.2, 0.25) is 0 Å². The van der Waals surface area contributed by atoms with Gasteiger partial charge in [0.25, 0.3) is 0 Å². The monoisotopic (exact) mass is 312 g/mol. The smallest absolute Gasteiger partial charge is 0.164 e. The quantitative estimate of drug-likeness (QED) is 0.544. The Morgan fingerprint density at radius 3 is 2.61 bits per heavy atom. The maximum Gasteiger partial charge on any atom is 0.164 e. The molecule has 4 heteroatoms. The minimum absolute atomic E-state index is 0.600. The van der Waals surface area contributed by atoms with E-state index in [0.717, 1.165) is 34.7 Å². The van der Waals surface area contributed by atoms with Crippen molar-refractivity contribution in [2.75, 3.05) is 19.1 Å². The Kier molecular flexibility index (Phi) is 6.51. The van der Waals surface area contributed by atoms with Gasteiger partial charge in [-0.2, -0.15) is 0 Å². The number of methoxy groups -OCH3 is 1. The molecule has 2 rings (SSSR count). The molecule has 0 saturated heterocycles. The van der Waals surface area contributed by atoms with Crippen LogP contribution in [-0.2, 0) is 13.0 Å². The molecule has 0 unspecified atom stereocenters. The number of rotatable bonds is 9. The molecule has 0 spiro atoms. The first-order chi connectivity index (χ1) is 11.3. The SMILES string of the molecule is C=CCc1cc(CNNc2ccccc2)cc(OCC)c1OC. The van der Waals surface area contributed by atoms with Crippen LogP contribution in [-0.4, -0.2) is 13.7 Å². The van der Waals surface area contributed by atoms with Crippen LogP contribution in [0.15, 0.2) is 55.1 Å². The van der Waals surface area contributed by atoms with E-state index in [2.05, 4.69) is 23.5 Å². The van der Waals surface area contributed by atoms with Gasteiger partial charge in [0.2, 0.25) is 0 Å². The maximum absolute atomic E-state index is 5.71. The molecule has 0 saturated carbocycles. The molecule has 2 N–H and O–H groups in total. The fourth-order valence-electron chi connectivity index (χ4n) is 2.40. The summed E-state index contributed by atoms with van der Waals surface area (Å²) in [5.74, 6) is 1.55. The lowest BCUT2D eigenvalue weighted by atomic mass is 10.1. The molecule has 0 amide bonds. The van der Waals surface area contributed by atoms with Gasteiger partial charge in [-0.3, -0.25) is 0 Å². The first-order valence-corrected chi connectivity index (χ1v) is 7.75. The predicted molar refractivity (Wildman–Crippen MR) is 95.0 cm³/mol. The molecule has 0 aliphatic rings.